The summed E-state index contributed by atoms with van der Waals surface area (Å²) in [6.45, 7) is 6.24. The maximum atomic E-state index is 6.00. The molecule has 3 rings (SSSR count). The number of nitrogens with one attached hydrogen (secondary N) is 2. The monoisotopic (exact) mass is 359 g/mol. The van der Waals surface area contributed by atoms with Crippen LogP contribution in [0.1, 0.15) is 51.0 Å². The van der Waals surface area contributed by atoms with Crippen molar-refractivity contribution in [3.8, 4) is 5.88 Å². The van der Waals surface area contributed by atoms with Crippen molar-refractivity contribution in [1.29, 1.82) is 0 Å². The fourth-order valence-corrected chi connectivity index (χ4v) is 3.97. The Hall–Kier alpha value is -1.82. The third-order valence-corrected chi connectivity index (χ3v) is 5.48. The molecule has 0 bridgehead atoms. The van der Waals surface area contributed by atoms with E-state index in [4.69, 9.17) is 4.74 Å². The summed E-state index contributed by atoms with van der Waals surface area (Å²) >= 11 is 0. The number of hydrogen-bond acceptors (Lipinski definition) is 4. The third kappa shape index (κ3) is 5.34. The highest BCUT2D eigenvalue weighted by Crippen LogP contribution is 2.23. The van der Waals surface area contributed by atoms with E-state index < -0.39 is 0 Å². The Morgan fingerprint density at radius 1 is 1.27 bits per heavy atom. The van der Waals surface area contributed by atoms with Gasteiger partial charge in [0, 0.05) is 38.4 Å². The first-order valence-electron chi connectivity index (χ1n) is 10.1. The van der Waals surface area contributed by atoms with E-state index >= 15 is 0 Å². The maximum absolute atomic E-state index is 6.00. The second-order valence-electron chi connectivity index (χ2n) is 7.26. The molecule has 6 nitrogen and oxygen atoms in total. The van der Waals surface area contributed by atoms with Crippen LogP contribution < -0.4 is 15.4 Å². The highest BCUT2D eigenvalue weighted by Gasteiger charge is 2.22. The van der Waals surface area contributed by atoms with E-state index in [0.29, 0.717) is 18.7 Å². The van der Waals surface area contributed by atoms with E-state index in [-0.39, 0.29) is 0 Å². The third-order valence-electron chi connectivity index (χ3n) is 5.48. The molecule has 144 valence electrons. The van der Waals surface area contributed by atoms with Gasteiger partial charge in [0.25, 0.3) is 0 Å². The van der Waals surface area contributed by atoms with Crippen LogP contribution >= 0.6 is 0 Å². The Kier molecular flexibility index (Phi) is 7.12. The van der Waals surface area contributed by atoms with Crippen molar-refractivity contribution in [2.75, 3.05) is 26.7 Å². The van der Waals surface area contributed by atoms with Crippen molar-refractivity contribution in [2.45, 2.75) is 64.1 Å². The first kappa shape index (κ1) is 19.0. The van der Waals surface area contributed by atoms with Gasteiger partial charge in [-0.3, -0.25) is 9.89 Å². The number of nitrogens with zero attached hydrogens (tertiary/aromatic N) is 3. The van der Waals surface area contributed by atoms with Gasteiger partial charge in [0.2, 0.25) is 5.88 Å². The lowest BCUT2D eigenvalue weighted by Gasteiger charge is -2.24. The molecule has 26 heavy (non-hydrogen) atoms. The van der Waals surface area contributed by atoms with Crippen LogP contribution in [-0.4, -0.2) is 54.7 Å². The molecule has 1 aromatic heterocycles. The van der Waals surface area contributed by atoms with E-state index in [1.807, 2.05) is 25.4 Å². The summed E-state index contributed by atoms with van der Waals surface area (Å²) in [6.07, 6.45) is 9.57. The van der Waals surface area contributed by atoms with Crippen LogP contribution in [0.2, 0.25) is 0 Å². The molecule has 1 unspecified atom stereocenters. The smallest absolute Gasteiger partial charge is 0.213 e. The fraction of sp³-hybridized carbons (Fsp3) is 0.700. The molecule has 6 heteroatoms. The van der Waals surface area contributed by atoms with Gasteiger partial charge >= 0.3 is 0 Å². The summed E-state index contributed by atoms with van der Waals surface area (Å²) in [4.78, 5) is 11.2. The van der Waals surface area contributed by atoms with Crippen LogP contribution in [0.5, 0.6) is 5.88 Å². The molecular formula is C20H33N5O. The quantitative estimate of drug-likeness (QED) is 0.579. The highest BCUT2D eigenvalue weighted by atomic mass is 16.5. The van der Waals surface area contributed by atoms with Gasteiger partial charge in [-0.05, 0) is 63.2 Å². The minimum Gasteiger partial charge on any atom is -0.474 e. The molecule has 0 radical (unpaired) electrons. The fourth-order valence-electron chi connectivity index (χ4n) is 3.97. The number of guanidine groups is 1. The zero-order chi connectivity index (χ0) is 18.2. The minimum absolute atomic E-state index is 0.341. The largest absolute Gasteiger partial charge is 0.474 e. The van der Waals surface area contributed by atoms with Gasteiger partial charge in [-0.25, -0.2) is 4.98 Å². The SMILES string of the molecule is CCN1CCCC1CNC(=NC)NCc1ccnc(OC2CCCC2)c1. The molecule has 1 aromatic rings. The molecule has 2 N–H and O–H groups in total. The standard InChI is InChI=1S/C20H33N5O/c1-3-25-12-6-7-17(25)15-24-20(21-2)23-14-16-10-11-22-19(13-16)26-18-8-4-5-9-18/h10-11,13,17-18H,3-9,12,14-15H2,1-2H3,(H2,21,23,24). The average Bonchev–Trinajstić information content (AvgIpc) is 3.33. The Bertz CT molecular complexity index is 585. The summed E-state index contributed by atoms with van der Waals surface area (Å²) in [7, 11) is 1.82. The molecular weight excluding hydrogens is 326 g/mol. The second-order valence-corrected chi connectivity index (χ2v) is 7.26. The van der Waals surface area contributed by atoms with Gasteiger partial charge in [0.05, 0.1) is 0 Å². The average molecular weight is 360 g/mol. The molecule has 2 fully saturated rings. The van der Waals surface area contributed by atoms with Crippen molar-refractivity contribution >= 4 is 5.96 Å². The first-order valence-corrected chi connectivity index (χ1v) is 10.1. The number of likely N-dealkylation sites (N-methyl/N-ethyl adjacent to an activating group) is 1. The van der Waals surface area contributed by atoms with Gasteiger partial charge < -0.3 is 15.4 Å². The Morgan fingerprint density at radius 3 is 2.88 bits per heavy atom. The lowest BCUT2D eigenvalue weighted by molar-refractivity contribution is 0.201. The molecule has 1 aliphatic carbocycles. The van der Waals surface area contributed by atoms with Gasteiger partial charge in [-0.2, -0.15) is 0 Å². The van der Waals surface area contributed by atoms with E-state index in [1.165, 1.54) is 32.2 Å². The number of aromatic nitrogens is 1. The van der Waals surface area contributed by atoms with Crippen LogP contribution in [0.3, 0.4) is 0 Å². The predicted octanol–water partition coefficient (Wildman–Crippen LogP) is 2.55. The first-order chi connectivity index (χ1) is 12.8. The van der Waals surface area contributed by atoms with E-state index in [9.17, 15) is 0 Å². The normalized spacial score (nSPS) is 21.9. The van der Waals surface area contributed by atoms with Crippen LogP contribution in [-0.2, 0) is 6.54 Å². The van der Waals surface area contributed by atoms with Gasteiger partial charge in [-0.15, -0.1) is 0 Å². The zero-order valence-electron chi connectivity index (χ0n) is 16.2. The molecule has 0 amide bonds. The summed E-state index contributed by atoms with van der Waals surface area (Å²) in [5.74, 6) is 1.59. The number of aliphatic imine (C=N–C) groups is 1. The van der Waals surface area contributed by atoms with Crippen molar-refractivity contribution in [2.24, 2.45) is 4.99 Å². The summed E-state index contributed by atoms with van der Waals surface area (Å²) in [6, 6.07) is 4.68. The number of rotatable bonds is 7. The van der Waals surface area contributed by atoms with Crippen molar-refractivity contribution in [1.82, 2.24) is 20.5 Å². The molecule has 1 atom stereocenters. The lowest BCUT2D eigenvalue weighted by atomic mass is 10.2. The predicted molar refractivity (Wildman–Crippen MR) is 106 cm³/mol. The second kappa shape index (κ2) is 9.76. The Morgan fingerprint density at radius 2 is 2.12 bits per heavy atom. The molecule has 2 heterocycles. The number of likely N-dealkylation sites (tertiary alicyclic amines) is 1. The molecule has 1 aliphatic heterocycles. The Labute approximate surface area is 157 Å². The zero-order valence-corrected chi connectivity index (χ0v) is 16.2. The van der Waals surface area contributed by atoms with E-state index in [2.05, 4.69) is 32.4 Å². The van der Waals surface area contributed by atoms with Crippen LogP contribution in [0, 0.1) is 0 Å². The molecule has 1 saturated heterocycles. The summed E-state index contributed by atoms with van der Waals surface area (Å²) in [5, 5.41) is 6.87. The van der Waals surface area contributed by atoms with Crippen LogP contribution in [0.4, 0.5) is 0 Å². The topological polar surface area (TPSA) is 61.8 Å². The van der Waals surface area contributed by atoms with Gasteiger partial charge in [0.1, 0.15) is 6.10 Å². The maximum Gasteiger partial charge on any atom is 0.213 e. The molecule has 0 spiro atoms. The van der Waals surface area contributed by atoms with Crippen molar-refractivity contribution < 1.29 is 4.74 Å². The van der Waals surface area contributed by atoms with E-state index in [1.54, 1.807) is 0 Å². The van der Waals surface area contributed by atoms with Gasteiger partial charge in [0.15, 0.2) is 5.96 Å². The van der Waals surface area contributed by atoms with Gasteiger partial charge in [-0.1, -0.05) is 6.92 Å². The molecule has 1 saturated carbocycles. The van der Waals surface area contributed by atoms with Crippen molar-refractivity contribution in [3.05, 3.63) is 23.9 Å². The van der Waals surface area contributed by atoms with Crippen LogP contribution in [0.15, 0.2) is 23.3 Å². The van der Waals surface area contributed by atoms with Crippen molar-refractivity contribution in [3.63, 3.8) is 0 Å². The van der Waals surface area contributed by atoms with Crippen LogP contribution in [0.25, 0.3) is 0 Å². The molecule has 2 aliphatic rings. The number of hydrogen-bond donors (Lipinski definition) is 2. The number of ether oxygens (including phenoxy) is 1. The van der Waals surface area contributed by atoms with E-state index in [0.717, 1.165) is 43.3 Å². The molecule has 0 aromatic carbocycles. The minimum atomic E-state index is 0.341. The highest BCUT2D eigenvalue weighted by molar-refractivity contribution is 5.79. The summed E-state index contributed by atoms with van der Waals surface area (Å²) in [5.41, 5.74) is 1.16. The lowest BCUT2D eigenvalue weighted by Crippen LogP contribution is -2.44. The summed E-state index contributed by atoms with van der Waals surface area (Å²) < 4.78 is 6.00. The Balaban J connectivity index is 1.45. The number of pyridine rings is 1.